The molecule has 9 heteroatoms. The molecule has 0 radical (unpaired) electrons. The summed E-state index contributed by atoms with van der Waals surface area (Å²) >= 11 is 0.987. The van der Waals surface area contributed by atoms with E-state index in [4.69, 9.17) is 15.2 Å². The van der Waals surface area contributed by atoms with E-state index >= 15 is 0 Å². The minimum absolute atomic E-state index is 0.198. The second-order valence-corrected chi connectivity index (χ2v) is 7.33. The molecule has 0 fully saturated rings. The van der Waals surface area contributed by atoms with Crippen molar-refractivity contribution in [3.05, 3.63) is 5.69 Å². The molecule has 0 aliphatic rings. The van der Waals surface area contributed by atoms with E-state index in [9.17, 15) is 8.42 Å². The van der Waals surface area contributed by atoms with Crippen molar-refractivity contribution in [3.8, 4) is 0 Å². The van der Waals surface area contributed by atoms with Gasteiger partial charge in [0.05, 0.1) is 12.3 Å². The molecule has 1 aromatic rings. The number of nitrogens with zero attached hydrogens (tertiary/aromatic N) is 2. The number of nitrogens with two attached hydrogens (primary N) is 1. The van der Waals surface area contributed by atoms with Crippen LogP contribution >= 0.6 is 11.3 Å². The molecular weight excluding hydrogens is 302 g/mol. The first-order chi connectivity index (χ1) is 9.43. The molecule has 0 spiro atoms. The maximum absolute atomic E-state index is 12.6. The van der Waals surface area contributed by atoms with Crippen molar-refractivity contribution in [3.63, 3.8) is 0 Å². The Balaban J connectivity index is 2.94. The van der Waals surface area contributed by atoms with Gasteiger partial charge < -0.3 is 15.2 Å². The maximum Gasteiger partial charge on any atom is 0.254 e. The highest BCUT2D eigenvalue weighted by molar-refractivity contribution is 7.91. The molecule has 0 aromatic carbocycles. The molecule has 0 atom stereocenters. The predicted octanol–water partition coefficient (Wildman–Crippen LogP) is 0.707. The number of nitrogen functional groups attached to an aromatic ring is 1. The molecule has 20 heavy (non-hydrogen) atoms. The van der Waals surface area contributed by atoms with E-state index in [0.29, 0.717) is 38.4 Å². The van der Waals surface area contributed by atoms with Crippen LogP contribution < -0.4 is 5.73 Å². The number of aryl methyl sites for hydroxylation is 1. The lowest BCUT2D eigenvalue weighted by molar-refractivity contribution is 0.164. The molecule has 0 aliphatic heterocycles. The fraction of sp³-hybridized carbons (Fsp3) is 0.727. The van der Waals surface area contributed by atoms with Gasteiger partial charge in [0.25, 0.3) is 10.0 Å². The lowest BCUT2D eigenvalue weighted by atomic mass is 10.4. The lowest BCUT2D eigenvalue weighted by Crippen LogP contribution is -2.35. The standard InChI is InChI=1S/C11H21N3O4S2/c1-9-10(19-11(12)13-9)20(15,16)14(6-8-18-3)5-4-7-17-2/h4-8H2,1-3H3,(H2,12,13). The van der Waals surface area contributed by atoms with E-state index in [1.54, 1.807) is 14.0 Å². The van der Waals surface area contributed by atoms with Crippen molar-refractivity contribution < 1.29 is 17.9 Å². The van der Waals surface area contributed by atoms with Crippen LogP contribution in [0.3, 0.4) is 0 Å². The van der Waals surface area contributed by atoms with Gasteiger partial charge in [-0.25, -0.2) is 13.4 Å². The summed E-state index contributed by atoms with van der Waals surface area (Å²) in [6.07, 6.45) is 0.618. The van der Waals surface area contributed by atoms with Gasteiger partial charge in [0, 0.05) is 33.9 Å². The average molecular weight is 323 g/mol. The highest BCUT2D eigenvalue weighted by atomic mass is 32.2. The zero-order valence-electron chi connectivity index (χ0n) is 12.0. The van der Waals surface area contributed by atoms with Crippen LogP contribution in [0, 0.1) is 6.92 Å². The van der Waals surface area contributed by atoms with Crippen LogP contribution in [0.4, 0.5) is 5.13 Å². The van der Waals surface area contributed by atoms with Gasteiger partial charge in [0.2, 0.25) is 0 Å². The SMILES string of the molecule is COCCCN(CCOC)S(=O)(=O)c1sc(N)nc1C. The Bertz CT molecular complexity index is 516. The number of rotatable bonds is 9. The van der Waals surface area contributed by atoms with Crippen LogP contribution in [-0.4, -0.2) is 58.2 Å². The Labute approximate surface area is 123 Å². The van der Waals surface area contributed by atoms with Crippen LogP contribution in [0.15, 0.2) is 4.21 Å². The second-order valence-electron chi connectivity index (χ2n) is 4.17. The van der Waals surface area contributed by atoms with Crippen LogP contribution in [0.5, 0.6) is 0 Å². The Kier molecular flexibility index (Phi) is 6.83. The number of sulfonamides is 1. The zero-order chi connectivity index (χ0) is 15.2. The van der Waals surface area contributed by atoms with Crippen LogP contribution in [0.25, 0.3) is 0 Å². The molecule has 0 amide bonds. The van der Waals surface area contributed by atoms with Gasteiger partial charge in [0.15, 0.2) is 9.34 Å². The third-order valence-electron chi connectivity index (χ3n) is 2.65. The van der Waals surface area contributed by atoms with Gasteiger partial charge in [-0.2, -0.15) is 4.31 Å². The van der Waals surface area contributed by atoms with E-state index in [2.05, 4.69) is 4.98 Å². The quantitative estimate of drug-likeness (QED) is 0.673. The number of ether oxygens (including phenoxy) is 2. The largest absolute Gasteiger partial charge is 0.385 e. The van der Waals surface area contributed by atoms with Crippen molar-refractivity contribution in [2.45, 2.75) is 17.6 Å². The fourth-order valence-corrected chi connectivity index (χ4v) is 4.59. The third kappa shape index (κ3) is 4.38. The number of hydrogen-bond acceptors (Lipinski definition) is 7. The minimum atomic E-state index is -3.59. The van der Waals surface area contributed by atoms with E-state index in [0.717, 1.165) is 11.3 Å². The summed E-state index contributed by atoms with van der Waals surface area (Å²) in [5, 5.41) is 0.254. The molecular formula is C11H21N3O4S2. The Morgan fingerprint density at radius 3 is 2.40 bits per heavy atom. The van der Waals surface area contributed by atoms with Gasteiger partial charge in [-0.15, -0.1) is 0 Å². The fourth-order valence-electron chi connectivity index (χ4n) is 1.69. The van der Waals surface area contributed by atoms with E-state index in [1.807, 2.05) is 0 Å². The monoisotopic (exact) mass is 323 g/mol. The third-order valence-corrected chi connectivity index (χ3v) is 6.12. The van der Waals surface area contributed by atoms with Gasteiger partial charge in [-0.1, -0.05) is 11.3 Å². The first-order valence-corrected chi connectivity index (χ1v) is 8.40. The van der Waals surface area contributed by atoms with E-state index in [1.165, 1.54) is 11.4 Å². The van der Waals surface area contributed by atoms with Crippen LogP contribution in [0.1, 0.15) is 12.1 Å². The maximum atomic E-state index is 12.6. The number of hydrogen-bond donors (Lipinski definition) is 1. The highest BCUT2D eigenvalue weighted by Gasteiger charge is 2.28. The summed E-state index contributed by atoms with van der Waals surface area (Å²) in [6.45, 7) is 3.14. The summed E-state index contributed by atoms with van der Waals surface area (Å²) in [6, 6.07) is 0. The van der Waals surface area contributed by atoms with Crippen molar-refractivity contribution in [1.29, 1.82) is 0 Å². The highest BCUT2D eigenvalue weighted by Crippen LogP contribution is 2.28. The average Bonchev–Trinajstić information content (AvgIpc) is 2.73. The molecule has 1 heterocycles. The number of anilines is 1. The molecule has 0 unspecified atom stereocenters. The van der Waals surface area contributed by atoms with Gasteiger partial charge in [-0.05, 0) is 13.3 Å². The molecule has 0 saturated heterocycles. The Morgan fingerprint density at radius 2 is 1.90 bits per heavy atom. The topological polar surface area (TPSA) is 94.8 Å². The zero-order valence-corrected chi connectivity index (χ0v) is 13.6. The number of thiazole rings is 1. The van der Waals surface area contributed by atoms with Crippen LogP contribution in [-0.2, 0) is 19.5 Å². The van der Waals surface area contributed by atoms with Gasteiger partial charge in [-0.3, -0.25) is 0 Å². The smallest absolute Gasteiger partial charge is 0.254 e. The van der Waals surface area contributed by atoms with Crippen molar-refractivity contribution in [2.75, 3.05) is 46.3 Å². The van der Waals surface area contributed by atoms with Crippen molar-refractivity contribution in [1.82, 2.24) is 9.29 Å². The predicted molar refractivity (Wildman–Crippen MR) is 78.4 cm³/mol. The second kappa shape index (κ2) is 7.89. The Morgan fingerprint density at radius 1 is 1.25 bits per heavy atom. The normalized spacial score (nSPS) is 12.2. The van der Waals surface area contributed by atoms with Gasteiger partial charge in [0.1, 0.15) is 0 Å². The summed E-state index contributed by atoms with van der Waals surface area (Å²) in [5.41, 5.74) is 6.01. The first kappa shape index (κ1) is 17.3. The summed E-state index contributed by atoms with van der Waals surface area (Å²) < 4.78 is 36.7. The molecule has 0 aliphatic carbocycles. The molecule has 0 bridgehead atoms. The summed E-state index contributed by atoms with van der Waals surface area (Å²) in [4.78, 5) is 3.97. The molecule has 0 saturated carbocycles. The molecule has 7 nitrogen and oxygen atoms in total. The molecule has 1 rings (SSSR count). The summed E-state index contributed by atoms with van der Waals surface area (Å²) in [7, 11) is -0.467. The number of aromatic nitrogens is 1. The Hall–Kier alpha value is -0.740. The molecule has 1 aromatic heterocycles. The van der Waals surface area contributed by atoms with Crippen molar-refractivity contribution in [2.24, 2.45) is 0 Å². The minimum Gasteiger partial charge on any atom is -0.385 e. The molecule has 116 valence electrons. The first-order valence-electron chi connectivity index (χ1n) is 6.14. The lowest BCUT2D eigenvalue weighted by Gasteiger charge is -2.21. The van der Waals surface area contributed by atoms with E-state index in [-0.39, 0.29) is 9.34 Å². The van der Waals surface area contributed by atoms with Crippen molar-refractivity contribution >= 4 is 26.5 Å². The van der Waals surface area contributed by atoms with Gasteiger partial charge >= 0.3 is 0 Å². The number of methoxy groups -OCH3 is 2. The van der Waals surface area contributed by atoms with E-state index < -0.39 is 10.0 Å². The molecule has 2 N–H and O–H groups in total. The summed E-state index contributed by atoms with van der Waals surface area (Å²) in [5.74, 6) is 0. The van der Waals surface area contributed by atoms with Crippen LogP contribution in [0.2, 0.25) is 0 Å².